The molecule has 0 radical (unpaired) electrons. The fourth-order valence-corrected chi connectivity index (χ4v) is 2.72. The number of rotatable bonds is 1. The fourth-order valence-electron chi connectivity index (χ4n) is 1.78. The molecule has 1 heterocycles. The van der Waals surface area contributed by atoms with E-state index in [1.165, 1.54) is 0 Å². The van der Waals surface area contributed by atoms with E-state index in [2.05, 4.69) is 20.9 Å². The Morgan fingerprint density at radius 2 is 1.95 bits per heavy atom. The molecule has 2 N–H and O–H groups in total. The molecule has 0 unspecified atom stereocenters. The number of nitrogens with two attached hydrogens (primary N) is 1. The number of nitrogen functional groups attached to an aromatic ring is 1. The molecular formula is C13H7BrCl2N2O. The molecule has 1 aromatic heterocycles. The van der Waals surface area contributed by atoms with Crippen molar-refractivity contribution >= 4 is 55.9 Å². The number of benzene rings is 2. The maximum Gasteiger partial charge on any atom is 0.228 e. The van der Waals surface area contributed by atoms with Gasteiger partial charge < -0.3 is 10.2 Å². The number of anilines is 1. The van der Waals surface area contributed by atoms with Crippen molar-refractivity contribution in [2.45, 2.75) is 0 Å². The average Bonchev–Trinajstić information content (AvgIpc) is 2.76. The second kappa shape index (κ2) is 4.71. The molecule has 0 spiro atoms. The molecule has 6 heteroatoms. The van der Waals surface area contributed by atoms with E-state index in [0.717, 1.165) is 10.0 Å². The highest BCUT2D eigenvalue weighted by molar-refractivity contribution is 9.10. The SMILES string of the molecule is Nc1ccc(Br)c(-c2nc3cc(Cl)cc(Cl)c3o2)c1. The van der Waals surface area contributed by atoms with Crippen LogP contribution in [0.4, 0.5) is 5.69 Å². The molecule has 0 atom stereocenters. The summed E-state index contributed by atoms with van der Waals surface area (Å²) in [5.74, 6) is 0.443. The minimum Gasteiger partial charge on any atom is -0.434 e. The van der Waals surface area contributed by atoms with Crippen molar-refractivity contribution in [3.05, 3.63) is 44.8 Å². The number of aromatic nitrogens is 1. The van der Waals surface area contributed by atoms with Gasteiger partial charge in [0, 0.05) is 15.2 Å². The van der Waals surface area contributed by atoms with Crippen molar-refractivity contribution < 1.29 is 4.42 Å². The first-order chi connectivity index (χ1) is 9.04. The Kier molecular flexibility index (Phi) is 3.17. The first kappa shape index (κ1) is 12.8. The highest BCUT2D eigenvalue weighted by Gasteiger charge is 2.14. The lowest BCUT2D eigenvalue weighted by molar-refractivity contribution is 0.619. The Morgan fingerprint density at radius 1 is 1.16 bits per heavy atom. The second-order valence-corrected chi connectivity index (χ2v) is 5.69. The molecule has 3 nitrogen and oxygen atoms in total. The zero-order chi connectivity index (χ0) is 13.6. The molecule has 19 heavy (non-hydrogen) atoms. The van der Waals surface area contributed by atoms with Crippen LogP contribution in [0.15, 0.2) is 39.2 Å². The molecule has 0 aliphatic rings. The summed E-state index contributed by atoms with van der Waals surface area (Å²) in [6.07, 6.45) is 0. The number of nitrogens with zero attached hydrogens (tertiary/aromatic N) is 1. The molecule has 0 bridgehead atoms. The van der Waals surface area contributed by atoms with Crippen LogP contribution < -0.4 is 5.73 Å². The summed E-state index contributed by atoms with van der Waals surface area (Å²) >= 11 is 15.5. The van der Waals surface area contributed by atoms with Gasteiger partial charge in [-0.2, -0.15) is 0 Å². The van der Waals surface area contributed by atoms with Gasteiger partial charge in [-0.25, -0.2) is 4.98 Å². The predicted octanol–water partition coefficient (Wildman–Crippen LogP) is 5.15. The van der Waals surface area contributed by atoms with Crippen molar-refractivity contribution in [1.82, 2.24) is 4.98 Å². The van der Waals surface area contributed by atoms with Gasteiger partial charge in [0.05, 0.1) is 10.6 Å². The first-order valence-electron chi connectivity index (χ1n) is 5.35. The molecule has 0 aliphatic heterocycles. The van der Waals surface area contributed by atoms with Gasteiger partial charge in [0.25, 0.3) is 0 Å². The largest absolute Gasteiger partial charge is 0.434 e. The van der Waals surface area contributed by atoms with Crippen LogP contribution in [0.3, 0.4) is 0 Å². The Labute approximate surface area is 127 Å². The summed E-state index contributed by atoms with van der Waals surface area (Å²) < 4.78 is 6.53. The van der Waals surface area contributed by atoms with E-state index in [9.17, 15) is 0 Å². The van der Waals surface area contributed by atoms with Gasteiger partial charge in [0.15, 0.2) is 5.58 Å². The van der Waals surface area contributed by atoms with E-state index in [1.807, 2.05) is 6.07 Å². The Morgan fingerprint density at radius 3 is 2.74 bits per heavy atom. The van der Waals surface area contributed by atoms with E-state index >= 15 is 0 Å². The highest BCUT2D eigenvalue weighted by Crippen LogP contribution is 2.35. The number of hydrogen-bond donors (Lipinski definition) is 1. The van der Waals surface area contributed by atoms with Gasteiger partial charge in [0.2, 0.25) is 5.89 Å². The van der Waals surface area contributed by atoms with Crippen LogP contribution in [-0.4, -0.2) is 4.98 Å². The van der Waals surface area contributed by atoms with Gasteiger partial charge in [-0.05, 0) is 46.3 Å². The summed E-state index contributed by atoms with van der Waals surface area (Å²) in [7, 11) is 0. The van der Waals surface area contributed by atoms with Crippen molar-refractivity contribution in [2.75, 3.05) is 5.73 Å². The molecule has 3 rings (SSSR count). The normalized spacial score (nSPS) is 11.1. The van der Waals surface area contributed by atoms with Crippen LogP contribution in [0.2, 0.25) is 10.0 Å². The summed E-state index contributed by atoms with van der Waals surface area (Å²) in [4.78, 5) is 4.39. The molecule has 0 amide bonds. The summed E-state index contributed by atoms with van der Waals surface area (Å²) in [6.45, 7) is 0. The Hall–Kier alpha value is -1.23. The van der Waals surface area contributed by atoms with Crippen LogP contribution in [0.1, 0.15) is 0 Å². The maximum atomic E-state index is 6.08. The molecular weight excluding hydrogens is 351 g/mol. The topological polar surface area (TPSA) is 52.0 Å². The number of oxazole rings is 1. The third kappa shape index (κ3) is 2.31. The van der Waals surface area contributed by atoms with Crippen molar-refractivity contribution in [1.29, 1.82) is 0 Å². The third-order valence-electron chi connectivity index (χ3n) is 2.63. The van der Waals surface area contributed by atoms with Gasteiger partial charge in [-0.3, -0.25) is 0 Å². The molecule has 3 aromatic rings. The fraction of sp³-hybridized carbons (Fsp3) is 0. The van der Waals surface area contributed by atoms with E-state index in [-0.39, 0.29) is 0 Å². The minimum absolute atomic E-state index is 0.432. The van der Waals surface area contributed by atoms with Crippen LogP contribution >= 0.6 is 39.1 Å². The van der Waals surface area contributed by atoms with E-state index in [4.69, 9.17) is 33.4 Å². The zero-order valence-electron chi connectivity index (χ0n) is 9.45. The number of fused-ring (bicyclic) bond motifs is 1. The molecule has 96 valence electrons. The van der Waals surface area contributed by atoms with E-state index < -0.39 is 0 Å². The standard InChI is InChI=1S/C13H7BrCl2N2O/c14-9-2-1-7(17)5-8(9)13-18-11-4-6(15)3-10(16)12(11)19-13/h1-5H,17H2. The molecule has 0 fully saturated rings. The maximum absolute atomic E-state index is 6.08. The van der Waals surface area contributed by atoms with Crippen molar-refractivity contribution in [3.63, 3.8) is 0 Å². The number of hydrogen-bond acceptors (Lipinski definition) is 3. The monoisotopic (exact) mass is 356 g/mol. The lowest BCUT2D eigenvalue weighted by Gasteiger charge is -2.00. The third-order valence-corrected chi connectivity index (χ3v) is 3.82. The highest BCUT2D eigenvalue weighted by atomic mass is 79.9. The van der Waals surface area contributed by atoms with Crippen LogP contribution in [-0.2, 0) is 0 Å². The van der Waals surface area contributed by atoms with Gasteiger partial charge in [-0.15, -0.1) is 0 Å². The summed E-state index contributed by atoms with van der Waals surface area (Å²) in [5.41, 5.74) is 8.29. The first-order valence-corrected chi connectivity index (χ1v) is 6.90. The van der Waals surface area contributed by atoms with Gasteiger partial charge in [0.1, 0.15) is 5.52 Å². The predicted molar refractivity (Wildman–Crippen MR) is 81.6 cm³/mol. The quantitative estimate of drug-likeness (QED) is 0.613. The molecule has 0 saturated carbocycles. The Bertz CT molecular complexity index is 786. The molecule has 2 aromatic carbocycles. The number of halogens is 3. The van der Waals surface area contributed by atoms with E-state index in [0.29, 0.717) is 32.7 Å². The lowest BCUT2D eigenvalue weighted by atomic mass is 10.2. The zero-order valence-corrected chi connectivity index (χ0v) is 12.6. The Balaban J connectivity index is 2.26. The van der Waals surface area contributed by atoms with Crippen molar-refractivity contribution in [3.8, 4) is 11.5 Å². The summed E-state index contributed by atoms with van der Waals surface area (Å²) in [5, 5.41) is 0.949. The molecule has 0 aliphatic carbocycles. The minimum atomic E-state index is 0.432. The summed E-state index contributed by atoms with van der Waals surface area (Å²) in [6, 6.07) is 8.74. The van der Waals surface area contributed by atoms with Crippen LogP contribution in [0.25, 0.3) is 22.6 Å². The second-order valence-electron chi connectivity index (χ2n) is 3.99. The lowest BCUT2D eigenvalue weighted by Crippen LogP contribution is -1.86. The molecule has 0 saturated heterocycles. The van der Waals surface area contributed by atoms with Crippen molar-refractivity contribution in [2.24, 2.45) is 0 Å². The van der Waals surface area contributed by atoms with E-state index in [1.54, 1.807) is 24.3 Å². The average molecular weight is 358 g/mol. The van der Waals surface area contributed by atoms with Gasteiger partial charge >= 0.3 is 0 Å². The smallest absolute Gasteiger partial charge is 0.228 e. The van der Waals surface area contributed by atoms with Crippen LogP contribution in [0.5, 0.6) is 0 Å². The van der Waals surface area contributed by atoms with Gasteiger partial charge in [-0.1, -0.05) is 23.2 Å². The van der Waals surface area contributed by atoms with Crippen LogP contribution in [0, 0.1) is 0 Å².